The predicted octanol–water partition coefficient (Wildman–Crippen LogP) is 5.49. The fourth-order valence-corrected chi connectivity index (χ4v) is 3.09. The summed E-state index contributed by atoms with van der Waals surface area (Å²) in [5.74, 6) is 2.20. The summed E-state index contributed by atoms with van der Waals surface area (Å²) in [6, 6.07) is 27.4. The Hall–Kier alpha value is -3.33. The lowest BCUT2D eigenvalue weighted by Gasteiger charge is -2.08. The van der Waals surface area contributed by atoms with Crippen molar-refractivity contribution in [1.29, 1.82) is 0 Å². The summed E-state index contributed by atoms with van der Waals surface area (Å²) < 4.78 is 0. The van der Waals surface area contributed by atoms with Crippen molar-refractivity contribution in [2.45, 2.75) is 13.8 Å². The van der Waals surface area contributed by atoms with Gasteiger partial charge in [0.15, 0.2) is 5.82 Å². The highest BCUT2D eigenvalue weighted by molar-refractivity contribution is 5.75. The second kappa shape index (κ2) is 6.89. The van der Waals surface area contributed by atoms with Crippen molar-refractivity contribution in [2.75, 3.05) is 0 Å². The first kappa shape index (κ1) is 16.2. The average Bonchev–Trinajstić information content (AvgIpc) is 2.68. The van der Waals surface area contributed by atoms with E-state index < -0.39 is 0 Å². The zero-order chi connectivity index (χ0) is 17.9. The standard InChI is InChI=1S/C23H19N3/c1-16-24-17(2)26-23(25-16)22-13-7-12-21(15-22)20-11-6-10-19(14-20)18-8-4-3-5-9-18/h3-15H,1-2H3. The molecule has 0 atom stereocenters. The van der Waals surface area contributed by atoms with Gasteiger partial charge in [0.2, 0.25) is 0 Å². The van der Waals surface area contributed by atoms with Crippen LogP contribution >= 0.6 is 0 Å². The van der Waals surface area contributed by atoms with Crippen molar-refractivity contribution in [3.8, 4) is 33.6 Å². The third kappa shape index (κ3) is 3.38. The molecule has 0 fully saturated rings. The van der Waals surface area contributed by atoms with E-state index in [-0.39, 0.29) is 0 Å². The van der Waals surface area contributed by atoms with E-state index in [0.29, 0.717) is 0 Å². The smallest absolute Gasteiger partial charge is 0.163 e. The Kier molecular flexibility index (Phi) is 4.28. The zero-order valence-corrected chi connectivity index (χ0v) is 14.8. The van der Waals surface area contributed by atoms with Gasteiger partial charge in [-0.3, -0.25) is 0 Å². The van der Waals surface area contributed by atoms with E-state index in [9.17, 15) is 0 Å². The molecule has 0 saturated heterocycles. The minimum atomic E-state index is 0.719. The summed E-state index contributed by atoms with van der Waals surface area (Å²) in [7, 11) is 0. The molecule has 0 N–H and O–H groups in total. The number of benzene rings is 3. The highest BCUT2D eigenvalue weighted by atomic mass is 15.0. The molecule has 26 heavy (non-hydrogen) atoms. The van der Waals surface area contributed by atoms with Crippen LogP contribution in [0, 0.1) is 13.8 Å². The zero-order valence-electron chi connectivity index (χ0n) is 14.8. The first-order valence-corrected chi connectivity index (χ1v) is 8.65. The van der Waals surface area contributed by atoms with E-state index in [0.717, 1.165) is 28.6 Å². The molecule has 3 aromatic carbocycles. The van der Waals surface area contributed by atoms with Gasteiger partial charge in [-0.1, -0.05) is 66.7 Å². The molecule has 4 rings (SSSR count). The van der Waals surface area contributed by atoms with Gasteiger partial charge in [-0.2, -0.15) is 0 Å². The van der Waals surface area contributed by atoms with Gasteiger partial charge in [-0.15, -0.1) is 0 Å². The van der Waals surface area contributed by atoms with Crippen molar-refractivity contribution < 1.29 is 0 Å². The lowest BCUT2D eigenvalue weighted by Crippen LogP contribution is -1.98. The minimum Gasteiger partial charge on any atom is -0.219 e. The number of hydrogen-bond acceptors (Lipinski definition) is 3. The van der Waals surface area contributed by atoms with Gasteiger partial charge in [0.1, 0.15) is 11.6 Å². The minimum absolute atomic E-state index is 0.719. The van der Waals surface area contributed by atoms with Crippen LogP contribution in [0.2, 0.25) is 0 Å². The first-order chi connectivity index (χ1) is 12.7. The van der Waals surface area contributed by atoms with Gasteiger partial charge < -0.3 is 0 Å². The van der Waals surface area contributed by atoms with Crippen LogP contribution in [0.3, 0.4) is 0 Å². The quantitative estimate of drug-likeness (QED) is 0.496. The summed E-state index contributed by atoms with van der Waals surface area (Å²) in [5.41, 5.74) is 5.75. The van der Waals surface area contributed by atoms with Crippen molar-refractivity contribution >= 4 is 0 Å². The molecule has 4 aromatic rings. The summed E-state index contributed by atoms with van der Waals surface area (Å²) >= 11 is 0. The number of aryl methyl sites for hydroxylation is 2. The Balaban J connectivity index is 1.75. The second-order valence-electron chi connectivity index (χ2n) is 6.28. The third-order valence-corrected chi connectivity index (χ3v) is 4.28. The maximum atomic E-state index is 4.48. The Bertz CT molecular complexity index is 1040. The molecular weight excluding hydrogens is 318 g/mol. The Morgan fingerprint density at radius 2 is 0.923 bits per heavy atom. The summed E-state index contributed by atoms with van der Waals surface area (Å²) in [6.45, 7) is 3.79. The lowest BCUT2D eigenvalue weighted by molar-refractivity contribution is 0.928. The maximum Gasteiger partial charge on any atom is 0.163 e. The van der Waals surface area contributed by atoms with Crippen LogP contribution < -0.4 is 0 Å². The van der Waals surface area contributed by atoms with Crippen LogP contribution in [-0.2, 0) is 0 Å². The average molecular weight is 337 g/mol. The number of hydrogen-bond donors (Lipinski definition) is 0. The number of aromatic nitrogens is 3. The van der Waals surface area contributed by atoms with Gasteiger partial charge in [0.25, 0.3) is 0 Å². The van der Waals surface area contributed by atoms with Crippen LogP contribution in [0.1, 0.15) is 11.6 Å². The second-order valence-corrected chi connectivity index (χ2v) is 6.28. The molecule has 0 aliphatic rings. The van der Waals surface area contributed by atoms with Gasteiger partial charge in [0, 0.05) is 5.56 Å². The fourth-order valence-electron chi connectivity index (χ4n) is 3.09. The molecule has 0 unspecified atom stereocenters. The van der Waals surface area contributed by atoms with Crippen LogP contribution in [0.5, 0.6) is 0 Å². The largest absolute Gasteiger partial charge is 0.219 e. The van der Waals surface area contributed by atoms with E-state index >= 15 is 0 Å². The van der Waals surface area contributed by atoms with Crippen LogP contribution in [0.25, 0.3) is 33.6 Å². The molecule has 0 saturated carbocycles. The highest BCUT2D eigenvalue weighted by Gasteiger charge is 2.07. The van der Waals surface area contributed by atoms with Crippen molar-refractivity contribution in [2.24, 2.45) is 0 Å². The predicted molar refractivity (Wildman–Crippen MR) is 106 cm³/mol. The van der Waals surface area contributed by atoms with Gasteiger partial charge in [-0.05, 0) is 48.2 Å². The van der Waals surface area contributed by atoms with E-state index in [4.69, 9.17) is 0 Å². The van der Waals surface area contributed by atoms with Gasteiger partial charge in [-0.25, -0.2) is 15.0 Å². The lowest BCUT2D eigenvalue weighted by atomic mass is 9.98. The Labute approximate surface area is 153 Å². The van der Waals surface area contributed by atoms with Gasteiger partial charge >= 0.3 is 0 Å². The molecule has 1 heterocycles. The van der Waals surface area contributed by atoms with Crippen molar-refractivity contribution in [3.05, 3.63) is 90.5 Å². The molecule has 3 heteroatoms. The van der Waals surface area contributed by atoms with Crippen LogP contribution in [0.15, 0.2) is 78.9 Å². The Morgan fingerprint density at radius 1 is 0.462 bits per heavy atom. The molecule has 0 amide bonds. The molecule has 0 aliphatic carbocycles. The normalized spacial score (nSPS) is 10.7. The molecule has 0 spiro atoms. The molecule has 0 bridgehead atoms. The SMILES string of the molecule is Cc1nc(C)nc(-c2cccc(-c3cccc(-c4ccccc4)c3)c2)n1. The highest BCUT2D eigenvalue weighted by Crippen LogP contribution is 2.28. The molecule has 0 aliphatic heterocycles. The van der Waals surface area contributed by atoms with E-state index in [2.05, 4.69) is 75.6 Å². The van der Waals surface area contributed by atoms with E-state index in [1.54, 1.807) is 0 Å². The molecule has 126 valence electrons. The van der Waals surface area contributed by atoms with E-state index in [1.165, 1.54) is 16.7 Å². The third-order valence-electron chi connectivity index (χ3n) is 4.28. The molecule has 3 nitrogen and oxygen atoms in total. The molecule has 1 aromatic heterocycles. The Morgan fingerprint density at radius 3 is 1.54 bits per heavy atom. The number of rotatable bonds is 3. The van der Waals surface area contributed by atoms with Crippen molar-refractivity contribution in [1.82, 2.24) is 15.0 Å². The van der Waals surface area contributed by atoms with Crippen LogP contribution in [-0.4, -0.2) is 15.0 Å². The topological polar surface area (TPSA) is 38.7 Å². The molecular formula is C23H19N3. The fraction of sp³-hybridized carbons (Fsp3) is 0.0870. The summed E-state index contributed by atoms with van der Waals surface area (Å²) in [4.78, 5) is 13.2. The first-order valence-electron chi connectivity index (χ1n) is 8.65. The monoisotopic (exact) mass is 337 g/mol. The molecule has 0 radical (unpaired) electrons. The summed E-state index contributed by atoms with van der Waals surface area (Å²) in [5, 5.41) is 0. The van der Waals surface area contributed by atoms with Crippen molar-refractivity contribution in [3.63, 3.8) is 0 Å². The number of nitrogens with zero attached hydrogens (tertiary/aromatic N) is 3. The summed E-state index contributed by atoms with van der Waals surface area (Å²) in [6.07, 6.45) is 0. The maximum absolute atomic E-state index is 4.48. The van der Waals surface area contributed by atoms with E-state index in [1.807, 2.05) is 32.0 Å². The van der Waals surface area contributed by atoms with Crippen LogP contribution in [0.4, 0.5) is 0 Å². The van der Waals surface area contributed by atoms with Gasteiger partial charge in [0.05, 0.1) is 0 Å².